The van der Waals surface area contributed by atoms with Gasteiger partial charge in [-0.1, -0.05) is 18.2 Å². The molecule has 0 aliphatic carbocycles. The fourth-order valence-electron chi connectivity index (χ4n) is 2.98. The zero-order valence-electron chi connectivity index (χ0n) is 12.8. The van der Waals surface area contributed by atoms with E-state index < -0.39 is 18.2 Å². The van der Waals surface area contributed by atoms with E-state index in [1.54, 1.807) is 31.4 Å². The van der Waals surface area contributed by atoms with Gasteiger partial charge in [-0.05, 0) is 12.5 Å². The summed E-state index contributed by atoms with van der Waals surface area (Å²) in [5.74, 6) is -0.913. The maximum atomic E-state index is 12.3. The highest BCUT2D eigenvalue weighted by atomic mass is 16.6. The molecule has 1 aromatic rings. The summed E-state index contributed by atoms with van der Waals surface area (Å²) in [6, 6.07) is 6.29. The lowest BCUT2D eigenvalue weighted by atomic mass is 10.1. The largest absolute Gasteiger partial charge is 0.433 e. The Bertz CT molecular complexity index is 645. The average Bonchev–Trinajstić information content (AvgIpc) is 3.08. The molecule has 1 fully saturated rings. The van der Waals surface area contributed by atoms with Crippen molar-refractivity contribution in [2.75, 3.05) is 20.3 Å². The van der Waals surface area contributed by atoms with Gasteiger partial charge in [0.15, 0.2) is 0 Å². The third-order valence-electron chi connectivity index (χ3n) is 4.08. The highest BCUT2D eigenvalue weighted by molar-refractivity contribution is 5.96. The van der Waals surface area contributed by atoms with Gasteiger partial charge in [-0.15, -0.1) is 0 Å². The van der Waals surface area contributed by atoms with Gasteiger partial charge in [-0.3, -0.25) is 14.5 Å². The molecule has 0 spiro atoms. The van der Waals surface area contributed by atoms with E-state index >= 15 is 0 Å². The van der Waals surface area contributed by atoms with E-state index in [-0.39, 0.29) is 18.2 Å². The molecule has 1 saturated heterocycles. The quantitative estimate of drug-likeness (QED) is 0.635. The van der Waals surface area contributed by atoms with E-state index in [4.69, 9.17) is 9.47 Å². The minimum absolute atomic E-state index is 0.189. The molecule has 0 aromatic heterocycles. The third-order valence-corrected chi connectivity index (χ3v) is 4.08. The first kappa shape index (κ1) is 15.5. The van der Waals surface area contributed by atoms with Gasteiger partial charge in [-0.2, -0.15) is 0 Å². The van der Waals surface area contributed by atoms with Gasteiger partial charge in [0.25, 0.3) is 0 Å². The molecule has 122 valence electrons. The molecule has 1 aromatic carbocycles. The van der Waals surface area contributed by atoms with E-state index in [9.17, 15) is 14.4 Å². The number of fused-ring (bicyclic) bond motifs is 1. The molecule has 0 bridgehead atoms. The average molecular weight is 318 g/mol. The second-order valence-electron chi connectivity index (χ2n) is 5.48. The maximum Gasteiger partial charge on any atom is 0.340 e. The molecule has 7 nitrogen and oxygen atoms in total. The molecule has 0 saturated carbocycles. The summed E-state index contributed by atoms with van der Waals surface area (Å²) in [6.45, 7) is 0.766. The number of benzene rings is 1. The molecule has 2 heterocycles. The first-order valence-corrected chi connectivity index (χ1v) is 7.51. The molecule has 0 radical (unpaired) electrons. The second kappa shape index (κ2) is 6.37. The van der Waals surface area contributed by atoms with E-state index in [2.05, 4.69) is 5.32 Å². The van der Waals surface area contributed by atoms with Crippen LogP contribution in [0.25, 0.3) is 0 Å². The Balaban J connectivity index is 1.81. The lowest BCUT2D eigenvalue weighted by Crippen LogP contribution is -2.47. The summed E-state index contributed by atoms with van der Waals surface area (Å²) in [5, 5.41) is 2.74. The summed E-state index contributed by atoms with van der Waals surface area (Å²) in [7, 11) is 1.55. The molecule has 1 N–H and O–H groups in total. The fourth-order valence-corrected chi connectivity index (χ4v) is 2.98. The number of cyclic esters (lactones) is 1. The normalized spacial score (nSPS) is 22.9. The highest BCUT2D eigenvalue weighted by Gasteiger charge is 2.46. The summed E-state index contributed by atoms with van der Waals surface area (Å²) < 4.78 is 10.3. The lowest BCUT2D eigenvalue weighted by molar-refractivity contribution is -0.145. The summed E-state index contributed by atoms with van der Waals surface area (Å²) >= 11 is 0. The van der Waals surface area contributed by atoms with Gasteiger partial charge >= 0.3 is 5.97 Å². The van der Waals surface area contributed by atoms with Gasteiger partial charge < -0.3 is 14.8 Å². The van der Waals surface area contributed by atoms with Crippen molar-refractivity contribution in [3.63, 3.8) is 0 Å². The van der Waals surface area contributed by atoms with Gasteiger partial charge in [0.2, 0.25) is 18.0 Å². The molecule has 7 heteroatoms. The van der Waals surface area contributed by atoms with E-state index in [0.717, 1.165) is 0 Å². The Labute approximate surface area is 133 Å². The van der Waals surface area contributed by atoms with E-state index in [1.165, 1.54) is 4.90 Å². The van der Waals surface area contributed by atoms with Crippen LogP contribution in [0.3, 0.4) is 0 Å². The van der Waals surface area contributed by atoms with Crippen molar-refractivity contribution in [2.45, 2.75) is 25.1 Å². The van der Waals surface area contributed by atoms with Crippen molar-refractivity contribution in [3.05, 3.63) is 35.4 Å². The van der Waals surface area contributed by atoms with E-state index in [1.807, 2.05) is 0 Å². The number of nitrogens with one attached hydrogen (secondary N) is 1. The Morgan fingerprint density at radius 1 is 1.39 bits per heavy atom. The van der Waals surface area contributed by atoms with Gasteiger partial charge in [0, 0.05) is 25.6 Å². The number of carbonyl (C=O) groups is 3. The zero-order chi connectivity index (χ0) is 16.4. The van der Waals surface area contributed by atoms with Crippen LogP contribution in [-0.2, 0) is 19.1 Å². The smallest absolute Gasteiger partial charge is 0.340 e. The van der Waals surface area contributed by atoms with Crippen LogP contribution in [0.5, 0.6) is 0 Å². The van der Waals surface area contributed by atoms with Crippen molar-refractivity contribution in [3.8, 4) is 0 Å². The molecule has 23 heavy (non-hydrogen) atoms. The topological polar surface area (TPSA) is 84.9 Å². The minimum Gasteiger partial charge on any atom is -0.433 e. The van der Waals surface area contributed by atoms with Crippen LogP contribution in [0.15, 0.2) is 24.3 Å². The number of ether oxygens (including phenoxy) is 2. The molecular weight excluding hydrogens is 300 g/mol. The minimum atomic E-state index is -0.827. The molecule has 2 atom stereocenters. The van der Waals surface area contributed by atoms with Crippen LogP contribution in [0.4, 0.5) is 0 Å². The van der Waals surface area contributed by atoms with Crippen LogP contribution in [0.2, 0.25) is 0 Å². The van der Waals surface area contributed by atoms with Crippen LogP contribution >= 0.6 is 0 Å². The molecule has 3 rings (SSSR count). The number of rotatable bonds is 5. The van der Waals surface area contributed by atoms with E-state index in [0.29, 0.717) is 30.7 Å². The monoisotopic (exact) mass is 318 g/mol. The maximum absolute atomic E-state index is 12.3. The summed E-state index contributed by atoms with van der Waals surface area (Å²) in [5.41, 5.74) is 1.07. The summed E-state index contributed by atoms with van der Waals surface area (Å²) in [4.78, 5) is 37.9. The van der Waals surface area contributed by atoms with Crippen molar-refractivity contribution in [2.24, 2.45) is 0 Å². The van der Waals surface area contributed by atoms with Gasteiger partial charge in [-0.25, -0.2) is 4.79 Å². The van der Waals surface area contributed by atoms with Crippen molar-refractivity contribution >= 4 is 17.8 Å². The second-order valence-corrected chi connectivity index (χ2v) is 5.48. The van der Waals surface area contributed by atoms with Crippen LogP contribution < -0.4 is 5.32 Å². The molecular formula is C16H18N2O5. The number of methoxy groups -OCH3 is 1. The standard InChI is InChI=1S/C16H18N2O5/c1-22-9-8-17-14(20)12-6-7-13(19)18(12)15-10-4-2-3-5-11(10)16(21)23-15/h2-5,12,15H,6-9H2,1H3,(H,17,20). The zero-order valence-corrected chi connectivity index (χ0v) is 12.8. The van der Waals surface area contributed by atoms with Crippen molar-refractivity contribution in [1.29, 1.82) is 0 Å². The number of nitrogens with zero attached hydrogens (tertiary/aromatic N) is 1. The third kappa shape index (κ3) is 2.79. The lowest BCUT2D eigenvalue weighted by Gasteiger charge is -2.29. The Morgan fingerprint density at radius 2 is 2.17 bits per heavy atom. The number of amides is 2. The van der Waals surface area contributed by atoms with Crippen LogP contribution in [0, 0.1) is 0 Å². The first-order chi connectivity index (χ1) is 11.1. The van der Waals surface area contributed by atoms with Gasteiger partial charge in [0.05, 0.1) is 12.2 Å². The van der Waals surface area contributed by atoms with Crippen LogP contribution in [0.1, 0.15) is 35.0 Å². The predicted molar refractivity (Wildman–Crippen MR) is 79.4 cm³/mol. The number of hydrogen-bond acceptors (Lipinski definition) is 5. The number of carbonyl (C=O) groups excluding carboxylic acids is 3. The number of hydrogen-bond donors (Lipinski definition) is 1. The predicted octanol–water partition coefficient (Wildman–Crippen LogP) is 0.609. The SMILES string of the molecule is COCCNC(=O)C1CCC(=O)N1C1OC(=O)c2ccccc21. The number of esters is 1. The molecule has 2 aliphatic heterocycles. The first-order valence-electron chi connectivity index (χ1n) is 7.51. The van der Waals surface area contributed by atoms with Crippen molar-refractivity contribution in [1.82, 2.24) is 10.2 Å². The van der Waals surface area contributed by atoms with Gasteiger partial charge in [0.1, 0.15) is 6.04 Å². The fraction of sp³-hybridized carbons (Fsp3) is 0.438. The Kier molecular flexibility index (Phi) is 4.29. The molecule has 2 aliphatic rings. The Hall–Kier alpha value is -2.41. The Morgan fingerprint density at radius 3 is 2.96 bits per heavy atom. The molecule has 2 amide bonds. The highest BCUT2D eigenvalue weighted by Crippen LogP contribution is 2.38. The van der Waals surface area contributed by atoms with Crippen molar-refractivity contribution < 1.29 is 23.9 Å². The summed E-state index contributed by atoms with van der Waals surface area (Å²) in [6.07, 6.45) is -0.154. The molecule has 2 unspecified atom stereocenters. The number of likely N-dealkylation sites (tertiary alicyclic amines) is 1. The van der Waals surface area contributed by atoms with Crippen LogP contribution in [-0.4, -0.2) is 49.0 Å².